The molecular formula is C67H67N4OPt-3. The number of ether oxygens (including phenoxy) is 1. The molecule has 0 radical (unpaired) electrons. The van der Waals surface area contributed by atoms with E-state index in [1.54, 1.807) is 0 Å². The Balaban J connectivity index is 0.00000656. The standard InChI is InChI=1S/C67H67N4O.Pt/c1-44(2)56-27-20-28-57(45(3)4)64(56)62-42-69(53-36-47(46-21-15-13-16-22-46)35-51(37-53)66(8,9)10)43-70(62)52-25-19-26-54(40-52)72-55-30-31-58-59-38-50(67(11,12)48-23-17-14-18-24-48)29-32-60(59)71(61(58)41-55)63-39-49(33-34-68-63)65(5,6)7;/h13-39,42-45H,1-12H3;/q-3;. The van der Waals surface area contributed by atoms with Gasteiger partial charge in [0, 0.05) is 66.6 Å². The number of hydrogen-bond acceptors (Lipinski definition) is 4. The first kappa shape index (κ1) is 51.2. The molecule has 5 nitrogen and oxygen atoms in total. The van der Waals surface area contributed by atoms with Gasteiger partial charge in [-0.15, -0.1) is 48.1 Å². The van der Waals surface area contributed by atoms with Gasteiger partial charge in [-0.1, -0.05) is 186 Å². The monoisotopic (exact) mass is 1140 g/mol. The maximum Gasteiger partial charge on any atom is 0.135 e. The van der Waals surface area contributed by atoms with Crippen LogP contribution in [0, 0.1) is 18.8 Å². The van der Waals surface area contributed by atoms with Crippen molar-refractivity contribution in [3.05, 3.63) is 228 Å². The van der Waals surface area contributed by atoms with Crippen LogP contribution >= 0.6 is 0 Å². The molecule has 73 heavy (non-hydrogen) atoms. The van der Waals surface area contributed by atoms with Crippen molar-refractivity contribution in [1.82, 2.24) is 9.55 Å². The van der Waals surface area contributed by atoms with E-state index in [0.29, 0.717) is 23.3 Å². The third-order valence-corrected chi connectivity index (χ3v) is 14.5. The number of hydrogen-bond donors (Lipinski definition) is 0. The van der Waals surface area contributed by atoms with E-state index in [0.717, 1.165) is 44.7 Å². The van der Waals surface area contributed by atoms with Crippen molar-refractivity contribution in [3.8, 4) is 28.4 Å². The number of benzene rings is 7. The molecule has 0 saturated carbocycles. The number of pyridine rings is 1. The molecule has 374 valence electrons. The topological polar surface area (TPSA) is 33.5 Å². The van der Waals surface area contributed by atoms with E-state index < -0.39 is 0 Å². The Labute approximate surface area is 448 Å². The fourth-order valence-electron chi connectivity index (χ4n) is 10.2. The van der Waals surface area contributed by atoms with Gasteiger partial charge in [0.15, 0.2) is 0 Å². The van der Waals surface area contributed by atoms with E-state index in [1.165, 1.54) is 50.1 Å². The summed E-state index contributed by atoms with van der Waals surface area (Å²) in [6, 6.07) is 64.3. The van der Waals surface area contributed by atoms with Gasteiger partial charge >= 0.3 is 0 Å². The molecule has 7 aromatic carbocycles. The Morgan fingerprint density at radius 3 is 1.88 bits per heavy atom. The molecule has 0 N–H and O–H groups in total. The van der Waals surface area contributed by atoms with Crippen LogP contribution in [-0.2, 0) is 37.3 Å². The van der Waals surface area contributed by atoms with Gasteiger partial charge in [0.05, 0.1) is 0 Å². The van der Waals surface area contributed by atoms with Crippen LogP contribution in [0.4, 0.5) is 11.4 Å². The quantitative estimate of drug-likeness (QED) is 0.121. The molecule has 0 bridgehead atoms. The Hall–Kier alpha value is -6.68. The van der Waals surface area contributed by atoms with Crippen LogP contribution in [0.15, 0.2) is 170 Å². The molecular weight excluding hydrogens is 1070 g/mol. The molecule has 2 aromatic heterocycles. The van der Waals surface area contributed by atoms with Crippen LogP contribution in [0.1, 0.15) is 134 Å². The number of aromatic nitrogens is 2. The number of fused-ring (bicyclic) bond motifs is 3. The summed E-state index contributed by atoms with van der Waals surface area (Å²) in [5, 5.41) is 2.23. The van der Waals surface area contributed by atoms with Gasteiger partial charge in [0.1, 0.15) is 5.82 Å². The molecule has 0 aliphatic carbocycles. The first-order chi connectivity index (χ1) is 34.3. The van der Waals surface area contributed by atoms with Crippen LogP contribution in [-0.4, -0.2) is 9.55 Å². The van der Waals surface area contributed by atoms with Gasteiger partial charge < -0.3 is 19.1 Å². The van der Waals surface area contributed by atoms with E-state index in [-0.39, 0.29) is 37.3 Å². The van der Waals surface area contributed by atoms with Gasteiger partial charge in [0.2, 0.25) is 0 Å². The SMILES string of the molecule is CC(C)c1cccc(C(C)C)c1C1=CN(c2cc(-c3ccccc3)cc(C(C)(C)C)c2)[CH-]N1c1[c-]c(Oc2[c-]c3c(cc2)c2cc(C(C)(C)c4ccccc4)ccc2n3-c2cc(C(C)(C)C)ccn2)ccc1.[Pt]. The van der Waals surface area contributed by atoms with Crippen molar-refractivity contribution >= 4 is 38.9 Å². The molecule has 0 fully saturated rings. The fourth-order valence-corrected chi connectivity index (χ4v) is 10.2. The third-order valence-electron chi connectivity index (χ3n) is 14.5. The summed E-state index contributed by atoms with van der Waals surface area (Å²) in [6.07, 6.45) is 4.23. The summed E-state index contributed by atoms with van der Waals surface area (Å²) in [5.74, 6) is 2.65. The minimum Gasteiger partial charge on any atom is -0.509 e. The van der Waals surface area contributed by atoms with Crippen molar-refractivity contribution in [1.29, 1.82) is 0 Å². The van der Waals surface area contributed by atoms with Gasteiger partial charge in [-0.05, 0) is 109 Å². The molecule has 0 atom stereocenters. The smallest absolute Gasteiger partial charge is 0.135 e. The molecule has 0 unspecified atom stereocenters. The minimum atomic E-state index is -0.213. The van der Waals surface area contributed by atoms with Gasteiger partial charge in [0.25, 0.3) is 0 Å². The van der Waals surface area contributed by atoms with E-state index in [1.807, 2.05) is 18.3 Å². The van der Waals surface area contributed by atoms with Crippen LogP contribution in [0.5, 0.6) is 11.5 Å². The Morgan fingerprint density at radius 1 is 0.548 bits per heavy atom. The zero-order valence-corrected chi connectivity index (χ0v) is 46.7. The maximum absolute atomic E-state index is 6.86. The summed E-state index contributed by atoms with van der Waals surface area (Å²) in [5.41, 5.74) is 15.9. The van der Waals surface area contributed by atoms with Crippen LogP contribution in [0.25, 0.3) is 44.4 Å². The second-order valence-corrected chi connectivity index (χ2v) is 22.7. The summed E-state index contributed by atoms with van der Waals surface area (Å²) in [4.78, 5) is 9.57. The average Bonchev–Trinajstić information content (AvgIpc) is 3.96. The fraction of sp³-hybridized carbons (Fsp3) is 0.254. The summed E-state index contributed by atoms with van der Waals surface area (Å²) in [6.45, 7) is 29.6. The molecule has 3 heterocycles. The molecule has 10 rings (SSSR count). The number of nitrogens with zero attached hydrogens (tertiary/aromatic N) is 4. The number of anilines is 2. The summed E-state index contributed by atoms with van der Waals surface area (Å²) >= 11 is 0. The van der Waals surface area contributed by atoms with Crippen molar-refractivity contribution in [2.24, 2.45) is 0 Å². The second-order valence-electron chi connectivity index (χ2n) is 22.7. The molecule has 9 aromatic rings. The molecule has 0 saturated heterocycles. The molecule has 0 spiro atoms. The molecule has 0 amide bonds. The largest absolute Gasteiger partial charge is 0.509 e. The predicted molar refractivity (Wildman–Crippen MR) is 302 cm³/mol. The van der Waals surface area contributed by atoms with Gasteiger partial charge in [-0.2, -0.15) is 12.1 Å². The Bertz CT molecular complexity index is 3450. The van der Waals surface area contributed by atoms with Crippen molar-refractivity contribution in [2.45, 2.75) is 111 Å². The van der Waals surface area contributed by atoms with E-state index in [9.17, 15) is 0 Å². The molecule has 1 aliphatic heterocycles. The van der Waals surface area contributed by atoms with Gasteiger partial charge in [-0.3, -0.25) is 0 Å². The third kappa shape index (κ3) is 10.1. The number of rotatable bonds is 11. The summed E-state index contributed by atoms with van der Waals surface area (Å²) < 4.78 is 9.11. The van der Waals surface area contributed by atoms with Crippen molar-refractivity contribution < 1.29 is 25.8 Å². The first-order valence-electron chi connectivity index (χ1n) is 25.6. The maximum atomic E-state index is 6.86. The normalized spacial score (nSPS) is 13.3. The average molecular weight is 1140 g/mol. The molecule has 1 aliphatic rings. The molecule has 6 heteroatoms. The van der Waals surface area contributed by atoms with Crippen molar-refractivity contribution in [2.75, 3.05) is 9.80 Å². The Morgan fingerprint density at radius 2 is 1.21 bits per heavy atom. The van der Waals surface area contributed by atoms with Crippen LogP contribution in [0.2, 0.25) is 0 Å². The van der Waals surface area contributed by atoms with E-state index >= 15 is 0 Å². The van der Waals surface area contributed by atoms with Crippen molar-refractivity contribution in [3.63, 3.8) is 0 Å². The summed E-state index contributed by atoms with van der Waals surface area (Å²) in [7, 11) is 0. The van der Waals surface area contributed by atoms with E-state index in [2.05, 4.69) is 268 Å². The zero-order valence-electron chi connectivity index (χ0n) is 44.4. The zero-order chi connectivity index (χ0) is 50.7. The van der Waals surface area contributed by atoms with Crippen LogP contribution in [0.3, 0.4) is 0 Å². The predicted octanol–water partition coefficient (Wildman–Crippen LogP) is 17.8. The Kier molecular flexibility index (Phi) is 14.0. The second kappa shape index (κ2) is 20.0. The van der Waals surface area contributed by atoms with Crippen LogP contribution < -0.4 is 14.5 Å². The minimum absolute atomic E-state index is 0. The first-order valence-corrected chi connectivity index (χ1v) is 25.6. The van der Waals surface area contributed by atoms with Gasteiger partial charge in [-0.25, -0.2) is 4.98 Å². The van der Waals surface area contributed by atoms with E-state index in [4.69, 9.17) is 9.72 Å².